The number of primary amides is 1. The molecule has 3 aromatic rings. The molecule has 1 aromatic carbocycles. The largest absolute Gasteiger partial charge is 0.433 e. The number of nitrogens with one attached hydrogen (secondary N) is 2. The fraction of sp³-hybridized carbons (Fsp3) is 0.385. The zero-order chi connectivity index (χ0) is 26.9. The summed E-state index contributed by atoms with van der Waals surface area (Å²) in [7, 11) is 0. The lowest BCUT2D eigenvalue weighted by molar-refractivity contribution is -0.141. The van der Waals surface area contributed by atoms with E-state index in [-0.39, 0.29) is 17.5 Å². The molecule has 1 saturated heterocycles. The molecule has 0 atom stereocenters. The number of halogens is 3. The summed E-state index contributed by atoms with van der Waals surface area (Å²) in [6.07, 6.45) is 1.54. The van der Waals surface area contributed by atoms with Crippen molar-refractivity contribution in [1.82, 2.24) is 20.1 Å². The van der Waals surface area contributed by atoms with Crippen LogP contribution in [-0.2, 0) is 17.5 Å². The zero-order valence-corrected chi connectivity index (χ0v) is 20.4. The first-order valence-electron chi connectivity index (χ1n) is 12.3. The molecule has 4 N–H and O–H groups in total. The topological polar surface area (TPSA) is 124 Å². The highest BCUT2D eigenvalue weighted by Crippen LogP contribution is 2.49. The van der Waals surface area contributed by atoms with Crippen LogP contribution in [0.2, 0.25) is 0 Å². The Morgan fingerprint density at radius 3 is 2.50 bits per heavy atom. The summed E-state index contributed by atoms with van der Waals surface area (Å²) in [5.41, 5.74) is 5.46. The number of rotatable bonds is 7. The first-order valence-corrected chi connectivity index (χ1v) is 12.3. The number of benzene rings is 1. The SMILES string of the molecule is NC(=O)c1nn(-c2ccc(COC3CC4(CCNCC4)C3)cc2)cc1NC(=O)c1cccc(C(F)(F)F)n1. The van der Waals surface area contributed by atoms with Crippen molar-refractivity contribution >= 4 is 17.5 Å². The molecule has 2 fully saturated rings. The van der Waals surface area contributed by atoms with Crippen LogP contribution < -0.4 is 16.4 Å². The van der Waals surface area contributed by atoms with Crippen LogP contribution in [0.15, 0.2) is 48.7 Å². The number of pyridine rings is 1. The number of alkyl halides is 3. The molecule has 200 valence electrons. The number of nitrogens with two attached hydrogens (primary N) is 1. The maximum absolute atomic E-state index is 13.0. The van der Waals surface area contributed by atoms with Crippen LogP contribution in [-0.4, -0.2) is 45.8 Å². The van der Waals surface area contributed by atoms with Crippen molar-refractivity contribution in [1.29, 1.82) is 0 Å². The van der Waals surface area contributed by atoms with Crippen LogP contribution in [0, 0.1) is 5.41 Å². The summed E-state index contributed by atoms with van der Waals surface area (Å²) in [4.78, 5) is 27.9. The first-order chi connectivity index (χ1) is 18.1. The molecule has 0 bridgehead atoms. The molecular formula is C26H27F3N6O3. The molecule has 3 heterocycles. The van der Waals surface area contributed by atoms with Gasteiger partial charge in [0.25, 0.3) is 11.8 Å². The number of hydrogen-bond acceptors (Lipinski definition) is 6. The van der Waals surface area contributed by atoms with Crippen molar-refractivity contribution in [3.8, 4) is 5.69 Å². The fourth-order valence-corrected chi connectivity index (χ4v) is 5.03. The van der Waals surface area contributed by atoms with E-state index < -0.39 is 29.4 Å². The van der Waals surface area contributed by atoms with Gasteiger partial charge in [0, 0.05) is 0 Å². The van der Waals surface area contributed by atoms with Crippen LogP contribution in [0.25, 0.3) is 5.69 Å². The Kier molecular flexibility index (Phi) is 6.93. The molecule has 0 radical (unpaired) electrons. The second kappa shape index (κ2) is 10.2. The van der Waals surface area contributed by atoms with Crippen LogP contribution in [0.1, 0.15) is 57.9 Å². The smallest absolute Gasteiger partial charge is 0.374 e. The van der Waals surface area contributed by atoms with Gasteiger partial charge in [-0.15, -0.1) is 0 Å². The second-order valence-corrected chi connectivity index (χ2v) is 9.82. The molecule has 1 aliphatic heterocycles. The zero-order valence-electron chi connectivity index (χ0n) is 20.4. The molecule has 1 spiro atoms. The Bertz CT molecular complexity index is 1320. The van der Waals surface area contributed by atoms with E-state index in [4.69, 9.17) is 10.5 Å². The van der Waals surface area contributed by atoms with Gasteiger partial charge in [0.1, 0.15) is 11.4 Å². The van der Waals surface area contributed by atoms with Crippen molar-refractivity contribution in [2.24, 2.45) is 11.1 Å². The van der Waals surface area contributed by atoms with Gasteiger partial charge in [-0.1, -0.05) is 18.2 Å². The number of piperidine rings is 1. The number of nitrogens with zero attached hydrogens (tertiary/aromatic N) is 3. The Morgan fingerprint density at radius 1 is 1.13 bits per heavy atom. The number of amides is 2. The monoisotopic (exact) mass is 528 g/mol. The van der Waals surface area contributed by atoms with Crippen molar-refractivity contribution in [3.63, 3.8) is 0 Å². The highest BCUT2D eigenvalue weighted by molar-refractivity contribution is 6.07. The lowest BCUT2D eigenvalue weighted by Gasteiger charge is -2.50. The summed E-state index contributed by atoms with van der Waals surface area (Å²) in [5.74, 6) is -1.85. The number of carbonyl (C=O) groups is 2. The van der Waals surface area contributed by atoms with E-state index in [0.717, 1.165) is 49.7 Å². The van der Waals surface area contributed by atoms with Crippen molar-refractivity contribution in [2.45, 2.75) is 44.6 Å². The molecule has 12 heteroatoms. The van der Waals surface area contributed by atoms with Gasteiger partial charge in [0.15, 0.2) is 5.69 Å². The third-order valence-corrected chi connectivity index (χ3v) is 7.14. The maximum atomic E-state index is 13.0. The maximum Gasteiger partial charge on any atom is 0.433 e. The Balaban J connectivity index is 1.24. The standard InChI is InChI=1S/C26H27F3N6O3/c27-26(28,29)21-3-1-2-19(32-21)24(37)33-20-14-35(34-22(20)23(30)36)17-6-4-16(5-7-17)15-38-18-12-25(13-18)8-10-31-11-9-25/h1-7,14,18,31H,8-13,15H2,(H2,30,36)(H,33,37). The van der Waals surface area contributed by atoms with Gasteiger partial charge >= 0.3 is 6.18 Å². The molecule has 9 nitrogen and oxygen atoms in total. The number of aromatic nitrogens is 3. The molecule has 1 aliphatic carbocycles. The lowest BCUT2D eigenvalue weighted by atomic mass is 9.62. The molecule has 2 amide bonds. The minimum atomic E-state index is -4.70. The highest BCUT2D eigenvalue weighted by Gasteiger charge is 2.45. The van der Waals surface area contributed by atoms with Crippen LogP contribution in [0.3, 0.4) is 0 Å². The van der Waals surface area contributed by atoms with Gasteiger partial charge in [-0.05, 0) is 74.0 Å². The second-order valence-electron chi connectivity index (χ2n) is 9.82. The third-order valence-electron chi connectivity index (χ3n) is 7.14. The number of ether oxygens (including phenoxy) is 1. The van der Waals surface area contributed by atoms with Crippen molar-refractivity contribution < 1.29 is 27.5 Å². The van der Waals surface area contributed by atoms with E-state index in [2.05, 4.69) is 20.7 Å². The summed E-state index contributed by atoms with van der Waals surface area (Å²) < 4.78 is 46.3. The lowest BCUT2D eigenvalue weighted by Crippen LogP contribution is -2.48. The van der Waals surface area contributed by atoms with Crippen molar-refractivity contribution in [3.05, 3.63) is 71.3 Å². The summed E-state index contributed by atoms with van der Waals surface area (Å²) in [5, 5.41) is 9.93. The van der Waals surface area contributed by atoms with Crippen molar-refractivity contribution in [2.75, 3.05) is 18.4 Å². The molecule has 2 aliphatic rings. The van der Waals surface area contributed by atoms with E-state index in [1.165, 1.54) is 23.7 Å². The van der Waals surface area contributed by atoms with Crippen LogP contribution in [0.5, 0.6) is 0 Å². The minimum Gasteiger partial charge on any atom is -0.374 e. The predicted molar refractivity (Wildman–Crippen MR) is 132 cm³/mol. The summed E-state index contributed by atoms with van der Waals surface area (Å²) in [6.45, 7) is 2.63. The van der Waals surface area contributed by atoms with E-state index >= 15 is 0 Å². The average Bonchev–Trinajstić information content (AvgIpc) is 3.30. The first kappa shape index (κ1) is 25.9. The Labute approximate surface area is 216 Å². The molecule has 5 rings (SSSR count). The highest BCUT2D eigenvalue weighted by atomic mass is 19.4. The van der Waals surface area contributed by atoms with Gasteiger partial charge in [-0.2, -0.15) is 18.3 Å². The van der Waals surface area contributed by atoms with Gasteiger partial charge in [0.2, 0.25) is 0 Å². The molecular weight excluding hydrogens is 501 g/mol. The van der Waals surface area contributed by atoms with E-state index in [9.17, 15) is 22.8 Å². The molecule has 38 heavy (non-hydrogen) atoms. The molecule has 2 aromatic heterocycles. The Hall–Kier alpha value is -3.77. The quantitative estimate of drug-likeness (QED) is 0.430. The normalized spacial score (nSPS) is 17.2. The van der Waals surface area contributed by atoms with Gasteiger partial charge in [-0.25, -0.2) is 9.67 Å². The predicted octanol–water partition coefficient (Wildman–Crippen LogP) is 3.69. The van der Waals surface area contributed by atoms with Gasteiger partial charge < -0.3 is 21.1 Å². The number of anilines is 1. The molecule has 0 unspecified atom stereocenters. The summed E-state index contributed by atoms with van der Waals surface area (Å²) >= 11 is 0. The summed E-state index contributed by atoms with van der Waals surface area (Å²) in [6, 6.07) is 10.3. The van der Waals surface area contributed by atoms with Gasteiger partial charge in [-0.3, -0.25) is 9.59 Å². The third kappa shape index (κ3) is 5.55. The van der Waals surface area contributed by atoms with E-state index in [1.807, 2.05) is 12.1 Å². The molecule has 1 saturated carbocycles. The van der Waals surface area contributed by atoms with E-state index in [0.29, 0.717) is 17.7 Å². The van der Waals surface area contributed by atoms with Gasteiger partial charge in [0.05, 0.1) is 30.3 Å². The number of hydrogen-bond donors (Lipinski definition) is 3. The number of carbonyl (C=O) groups excluding carboxylic acids is 2. The van der Waals surface area contributed by atoms with E-state index in [1.54, 1.807) is 12.1 Å². The fourth-order valence-electron chi connectivity index (χ4n) is 5.03. The minimum absolute atomic E-state index is 0.0500. The van der Waals surface area contributed by atoms with Crippen LogP contribution in [0.4, 0.5) is 18.9 Å². The Morgan fingerprint density at radius 2 is 1.84 bits per heavy atom. The van der Waals surface area contributed by atoms with Crippen LogP contribution >= 0.6 is 0 Å². The average molecular weight is 529 g/mol.